The third-order valence-corrected chi connectivity index (χ3v) is 2.41. The number of rotatable bonds is 0. The molecule has 1 aliphatic heterocycles. The summed E-state index contributed by atoms with van der Waals surface area (Å²) in [5, 5.41) is 13.4. The van der Waals surface area contributed by atoms with Gasteiger partial charge in [-0.2, -0.15) is 10.3 Å². The van der Waals surface area contributed by atoms with Crippen LogP contribution in [0.2, 0.25) is 0 Å². The van der Waals surface area contributed by atoms with Gasteiger partial charge in [-0.05, 0) is 0 Å². The van der Waals surface area contributed by atoms with Gasteiger partial charge in [-0.1, -0.05) is 6.58 Å². The number of nitrogens with zero attached hydrogens (tertiary/aromatic N) is 5. The van der Waals surface area contributed by atoms with Crippen LogP contribution in [0.25, 0.3) is 17.7 Å². The minimum atomic E-state index is -0.294. The van der Waals surface area contributed by atoms with Gasteiger partial charge in [-0.3, -0.25) is 15.0 Å². The number of aromatic nitrogens is 7. The van der Waals surface area contributed by atoms with Crippen LogP contribution in [-0.4, -0.2) is 35.3 Å². The molecule has 12 nitrogen and oxygen atoms in total. The van der Waals surface area contributed by atoms with Gasteiger partial charge in [0.05, 0.1) is 6.33 Å². The molecule has 0 aliphatic carbocycles. The number of fused-ring (bicyclic) bond motifs is 2. The van der Waals surface area contributed by atoms with Gasteiger partial charge in [-0.25, -0.2) is 15.5 Å². The summed E-state index contributed by atoms with van der Waals surface area (Å²) in [5.41, 5.74) is 5.34. The highest BCUT2D eigenvalue weighted by Crippen LogP contribution is 1.91. The van der Waals surface area contributed by atoms with Crippen LogP contribution < -0.4 is 32.9 Å². The molecule has 21 heavy (non-hydrogen) atoms. The van der Waals surface area contributed by atoms with Gasteiger partial charge in [0, 0.05) is 0 Å². The standard InChI is InChI=1S/C5H5N5O.C4H3N5O/c1-2-6-4-3(5(11)7-2)8-10-9-4;10-4-2-3(5-1-6-4)8-9-7-2/h1H2,(H,7,11)(H2,6,8,9,10);1H,(H2,5,6,7,8,9,10). The highest BCUT2D eigenvalue weighted by molar-refractivity contribution is 5.66. The van der Waals surface area contributed by atoms with E-state index >= 15 is 0 Å². The first-order valence-electron chi connectivity index (χ1n) is 5.57. The first-order chi connectivity index (χ1) is 10.1. The Bertz CT molecular complexity index is 1020. The number of nitrogens with one attached hydrogen (secondary N) is 5. The van der Waals surface area contributed by atoms with Crippen LogP contribution >= 0.6 is 0 Å². The van der Waals surface area contributed by atoms with Gasteiger partial charge in [0.2, 0.25) is 5.65 Å². The number of hydrogen-bond acceptors (Lipinski definition) is 9. The highest BCUT2D eigenvalue weighted by atomic mass is 16.1. The van der Waals surface area contributed by atoms with Gasteiger partial charge in [0.15, 0.2) is 16.7 Å². The lowest BCUT2D eigenvalue weighted by Crippen LogP contribution is -2.35. The zero-order chi connectivity index (χ0) is 14.8. The molecule has 0 radical (unpaired) electrons. The van der Waals surface area contributed by atoms with E-state index in [1.165, 1.54) is 6.33 Å². The fraction of sp³-hybridized carbons (Fsp3) is 0. The van der Waals surface area contributed by atoms with Crippen LogP contribution in [0.5, 0.6) is 0 Å². The van der Waals surface area contributed by atoms with Gasteiger partial charge in [0.1, 0.15) is 5.48 Å². The second-order valence-electron chi connectivity index (χ2n) is 3.79. The molecular weight excluding hydrogens is 280 g/mol. The van der Waals surface area contributed by atoms with Crippen LogP contribution in [0.15, 0.2) is 21.0 Å². The Hall–Kier alpha value is -3.57. The van der Waals surface area contributed by atoms with Gasteiger partial charge < -0.3 is 9.97 Å². The molecule has 0 fully saturated rings. The van der Waals surface area contributed by atoms with Crippen molar-refractivity contribution >= 4 is 23.6 Å². The monoisotopic (exact) mass is 288 g/mol. The zero-order valence-corrected chi connectivity index (χ0v) is 10.3. The summed E-state index contributed by atoms with van der Waals surface area (Å²) in [4.78, 5) is 34.3. The van der Waals surface area contributed by atoms with Crippen molar-refractivity contribution in [1.82, 2.24) is 40.9 Å². The van der Waals surface area contributed by atoms with Gasteiger partial charge in [0.25, 0.3) is 11.1 Å². The maximum absolute atomic E-state index is 11.0. The summed E-state index contributed by atoms with van der Waals surface area (Å²) in [7, 11) is 0. The SMILES string of the molecule is C=c1nc2c(c(=O)[nH]1)=NNN2.O=c1[nH]cnc2n[nH]nc12. The van der Waals surface area contributed by atoms with Crippen LogP contribution in [0.4, 0.5) is 5.82 Å². The Morgan fingerprint density at radius 1 is 1.14 bits per heavy atom. The Labute approximate surface area is 114 Å². The van der Waals surface area contributed by atoms with Crippen molar-refractivity contribution in [3.8, 4) is 0 Å². The molecule has 1 aliphatic rings. The Morgan fingerprint density at radius 2 is 2.00 bits per heavy atom. The fourth-order valence-corrected chi connectivity index (χ4v) is 1.53. The molecule has 3 aromatic heterocycles. The van der Waals surface area contributed by atoms with E-state index in [1.54, 1.807) is 0 Å². The number of H-pyrrole nitrogens is 3. The lowest BCUT2D eigenvalue weighted by Gasteiger charge is -1.91. The molecule has 0 amide bonds. The number of hydrazine groups is 1. The fourth-order valence-electron chi connectivity index (χ4n) is 1.53. The minimum absolute atomic E-state index is 0.238. The van der Waals surface area contributed by atoms with Gasteiger partial charge in [-0.15, -0.1) is 10.2 Å². The van der Waals surface area contributed by atoms with Crippen molar-refractivity contribution < 1.29 is 0 Å². The second kappa shape index (κ2) is 4.84. The van der Waals surface area contributed by atoms with Crippen molar-refractivity contribution in [3.63, 3.8) is 0 Å². The van der Waals surface area contributed by atoms with Crippen molar-refractivity contribution in [2.75, 3.05) is 5.43 Å². The molecular formula is C9H8N10O2. The maximum atomic E-state index is 11.0. The molecule has 0 spiro atoms. The summed E-state index contributed by atoms with van der Waals surface area (Å²) < 4.78 is 0. The first kappa shape index (κ1) is 12.5. The average molecular weight is 288 g/mol. The molecule has 0 aromatic carbocycles. The highest BCUT2D eigenvalue weighted by Gasteiger charge is 2.06. The Balaban J connectivity index is 0.000000126. The summed E-state index contributed by atoms with van der Waals surface area (Å²) >= 11 is 0. The van der Waals surface area contributed by atoms with E-state index in [2.05, 4.69) is 58.0 Å². The minimum Gasteiger partial charge on any atom is -0.311 e. The molecule has 5 N–H and O–H groups in total. The number of anilines is 1. The zero-order valence-electron chi connectivity index (χ0n) is 10.3. The summed E-state index contributed by atoms with van der Waals surface area (Å²) in [6.07, 6.45) is 1.28. The topological polar surface area (TPSA) is 169 Å². The lowest BCUT2D eigenvalue weighted by molar-refractivity contribution is 0.885. The normalized spacial score (nSPS) is 11.6. The summed E-state index contributed by atoms with van der Waals surface area (Å²) in [6, 6.07) is 0. The predicted molar refractivity (Wildman–Crippen MR) is 70.2 cm³/mol. The number of aromatic amines is 3. The summed E-state index contributed by atoms with van der Waals surface area (Å²) in [5.74, 6) is 0.416. The third-order valence-electron chi connectivity index (χ3n) is 2.41. The molecule has 106 valence electrons. The summed E-state index contributed by atoms with van der Waals surface area (Å²) in [6.45, 7) is 3.48. The van der Waals surface area contributed by atoms with Crippen molar-refractivity contribution in [2.45, 2.75) is 0 Å². The van der Waals surface area contributed by atoms with Crippen LogP contribution in [0.3, 0.4) is 0 Å². The smallest absolute Gasteiger partial charge is 0.281 e. The maximum Gasteiger partial charge on any atom is 0.281 e. The Morgan fingerprint density at radius 3 is 2.81 bits per heavy atom. The number of hydrogen-bond donors (Lipinski definition) is 5. The van der Waals surface area contributed by atoms with E-state index in [9.17, 15) is 9.59 Å². The average Bonchev–Trinajstić information content (AvgIpc) is 3.08. The molecule has 0 atom stereocenters. The predicted octanol–water partition coefficient (Wildman–Crippen LogP) is -3.31. The molecule has 4 rings (SSSR count). The third kappa shape index (κ3) is 2.32. The first-order valence-corrected chi connectivity index (χ1v) is 5.57. The van der Waals surface area contributed by atoms with Crippen LogP contribution in [0.1, 0.15) is 0 Å². The second-order valence-corrected chi connectivity index (χ2v) is 3.79. The van der Waals surface area contributed by atoms with E-state index in [1.807, 2.05) is 0 Å². The van der Waals surface area contributed by atoms with E-state index in [-0.39, 0.29) is 22.0 Å². The van der Waals surface area contributed by atoms with E-state index in [0.717, 1.165) is 0 Å². The van der Waals surface area contributed by atoms with Crippen molar-refractivity contribution in [2.24, 2.45) is 5.10 Å². The van der Waals surface area contributed by atoms with E-state index in [0.29, 0.717) is 16.9 Å². The molecule has 4 heterocycles. The van der Waals surface area contributed by atoms with Crippen LogP contribution in [-0.2, 0) is 0 Å². The van der Waals surface area contributed by atoms with E-state index in [4.69, 9.17) is 0 Å². The molecule has 12 heteroatoms. The van der Waals surface area contributed by atoms with Gasteiger partial charge >= 0.3 is 0 Å². The lowest BCUT2D eigenvalue weighted by atomic mass is 10.5. The Kier molecular flexibility index (Phi) is 2.87. The largest absolute Gasteiger partial charge is 0.311 e. The van der Waals surface area contributed by atoms with Crippen molar-refractivity contribution in [1.29, 1.82) is 0 Å². The molecule has 0 saturated heterocycles. The molecule has 3 aromatic rings. The quantitative estimate of drug-likeness (QED) is 0.286. The van der Waals surface area contributed by atoms with Crippen LogP contribution in [0, 0.1) is 0 Å². The molecule has 0 bridgehead atoms. The molecule has 0 saturated carbocycles. The van der Waals surface area contributed by atoms with E-state index < -0.39 is 0 Å². The van der Waals surface area contributed by atoms with Crippen molar-refractivity contribution in [3.05, 3.63) is 37.9 Å². The molecule has 0 unspecified atom stereocenters.